The smallest absolute Gasteiger partial charge is 0.0979 e. The van der Waals surface area contributed by atoms with E-state index in [0.29, 0.717) is 0 Å². The van der Waals surface area contributed by atoms with E-state index in [1.54, 1.807) is 0 Å². The third kappa shape index (κ3) is 3.31. The van der Waals surface area contributed by atoms with Crippen LogP contribution < -0.4 is 0 Å². The van der Waals surface area contributed by atoms with Crippen molar-refractivity contribution in [3.05, 3.63) is 140 Å². The average molecular weight is 534 g/mol. The van der Waals surface area contributed by atoms with Crippen LogP contribution in [-0.2, 0) is 0 Å². The van der Waals surface area contributed by atoms with Gasteiger partial charge in [-0.2, -0.15) is 0 Å². The summed E-state index contributed by atoms with van der Waals surface area (Å²) in [4.78, 5) is 15.3. The maximum atomic E-state index is 5.44. The summed E-state index contributed by atoms with van der Waals surface area (Å²) in [7, 11) is 0. The van der Waals surface area contributed by atoms with Crippen molar-refractivity contribution in [2.24, 2.45) is 0 Å². The van der Waals surface area contributed by atoms with Gasteiger partial charge in [0.1, 0.15) is 0 Å². The number of rotatable bonds is 2. The molecule has 0 saturated carbocycles. The van der Waals surface area contributed by atoms with Crippen LogP contribution in [0.4, 0.5) is 0 Å². The van der Waals surface area contributed by atoms with Gasteiger partial charge in [-0.1, -0.05) is 115 Å². The fraction of sp³-hybridized carbons (Fsp3) is 0. The van der Waals surface area contributed by atoms with Crippen LogP contribution in [0.25, 0.3) is 88.5 Å². The van der Waals surface area contributed by atoms with Crippen LogP contribution in [-0.4, -0.2) is 15.0 Å². The molecular weight excluding hydrogens is 510 g/mol. The normalized spacial score (nSPS) is 11.8. The van der Waals surface area contributed by atoms with Crippen LogP contribution in [0.1, 0.15) is 0 Å². The van der Waals surface area contributed by atoms with Gasteiger partial charge in [0.2, 0.25) is 0 Å². The van der Waals surface area contributed by atoms with Gasteiger partial charge >= 0.3 is 0 Å². The molecule has 0 radical (unpaired) electrons. The first-order chi connectivity index (χ1) is 20.8. The zero-order valence-electron chi connectivity index (χ0n) is 22.6. The van der Waals surface area contributed by atoms with E-state index in [2.05, 4.69) is 126 Å². The SMILES string of the molecule is c1ccc(-c2nc3ccc4ccccc4c3nc2-c2ccc3c4c(cccc24)-c2ccccc2-c2ccncc2-3)cc1. The highest BCUT2D eigenvalue weighted by Gasteiger charge is 2.24. The molecule has 2 heterocycles. The molecule has 3 nitrogen and oxygen atoms in total. The molecule has 0 saturated heterocycles. The van der Waals surface area contributed by atoms with Crippen molar-refractivity contribution in [2.75, 3.05) is 0 Å². The molecule has 0 spiro atoms. The molecule has 194 valence electrons. The topological polar surface area (TPSA) is 38.7 Å². The second-order valence-corrected chi connectivity index (χ2v) is 10.8. The summed E-state index contributed by atoms with van der Waals surface area (Å²) in [6, 6.07) is 45.0. The molecule has 2 aromatic heterocycles. The van der Waals surface area contributed by atoms with Gasteiger partial charge in [-0.25, -0.2) is 9.97 Å². The minimum Gasteiger partial charge on any atom is -0.264 e. The molecule has 0 unspecified atom stereocenters. The summed E-state index contributed by atoms with van der Waals surface area (Å²) in [6.07, 6.45) is 3.89. The van der Waals surface area contributed by atoms with E-state index in [1.165, 1.54) is 33.2 Å². The highest BCUT2D eigenvalue weighted by Crippen LogP contribution is 2.49. The van der Waals surface area contributed by atoms with Crippen molar-refractivity contribution in [1.29, 1.82) is 0 Å². The standard InChI is InChI=1S/C39H23N3/c1-2-10-25(11-3-1)37-39(42-38-26-12-5-4-9-24(26)17-20-35(38)41-37)33-19-18-32-34-23-40-22-21-29(34)27-13-6-7-14-28(27)30-15-8-16-31(33)36(30)32/h1-23H. The lowest BCUT2D eigenvalue weighted by atomic mass is 9.89. The van der Waals surface area contributed by atoms with Gasteiger partial charge in [0.05, 0.1) is 22.4 Å². The minimum atomic E-state index is 0.884. The molecule has 3 heteroatoms. The van der Waals surface area contributed by atoms with Gasteiger partial charge in [-0.15, -0.1) is 0 Å². The number of hydrogen-bond donors (Lipinski definition) is 0. The van der Waals surface area contributed by atoms with Gasteiger partial charge in [0.15, 0.2) is 0 Å². The minimum absolute atomic E-state index is 0.884. The van der Waals surface area contributed by atoms with Crippen molar-refractivity contribution in [3.63, 3.8) is 0 Å². The first-order valence-corrected chi connectivity index (χ1v) is 14.2. The molecule has 0 fully saturated rings. The van der Waals surface area contributed by atoms with Crippen LogP contribution in [0.2, 0.25) is 0 Å². The van der Waals surface area contributed by atoms with Crippen molar-refractivity contribution in [2.45, 2.75) is 0 Å². The summed E-state index contributed by atoms with van der Waals surface area (Å²) in [5.74, 6) is 0. The summed E-state index contributed by atoms with van der Waals surface area (Å²) in [6.45, 7) is 0. The van der Waals surface area contributed by atoms with E-state index < -0.39 is 0 Å². The second-order valence-electron chi connectivity index (χ2n) is 10.8. The summed E-state index contributed by atoms with van der Waals surface area (Å²) < 4.78 is 0. The Hall–Kier alpha value is -5.67. The molecule has 9 rings (SSSR count). The number of fused-ring (bicyclic) bond motifs is 8. The van der Waals surface area contributed by atoms with Gasteiger partial charge in [-0.05, 0) is 56.1 Å². The second kappa shape index (κ2) is 8.92. The molecule has 8 aromatic rings. The van der Waals surface area contributed by atoms with Crippen molar-refractivity contribution in [3.8, 4) is 55.9 Å². The van der Waals surface area contributed by atoms with Crippen LogP contribution in [0.5, 0.6) is 0 Å². The Labute approximate surface area is 242 Å². The number of aromatic nitrogens is 3. The maximum absolute atomic E-state index is 5.44. The molecule has 0 atom stereocenters. The number of benzene rings is 6. The fourth-order valence-electron chi connectivity index (χ4n) is 6.63. The molecule has 42 heavy (non-hydrogen) atoms. The van der Waals surface area contributed by atoms with E-state index in [1.807, 2.05) is 18.5 Å². The molecule has 1 aliphatic carbocycles. The Bertz CT molecular complexity index is 2300. The van der Waals surface area contributed by atoms with E-state index in [4.69, 9.17) is 9.97 Å². The lowest BCUT2D eigenvalue weighted by molar-refractivity contribution is 1.30. The Morgan fingerprint density at radius 3 is 2.00 bits per heavy atom. The quantitative estimate of drug-likeness (QED) is 0.208. The highest BCUT2D eigenvalue weighted by atomic mass is 14.8. The van der Waals surface area contributed by atoms with Crippen molar-refractivity contribution < 1.29 is 0 Å². The predicted molar refractivity (Wildman–Crippen MR) is 173 cm³/mol. The summed E-state index contributed by atoms with van der Waals surface area (Å²) in [5.41, 5.74) is 12.9. The van der Waals surface area contributed by atoms with Gasteiger partial charge in [-0.3, -0.25) is 4.98 Å². The van der Waals surface area contributed by atoms with Crippen molar-refractivity contribution in [1.82, 2.24) is 15.0 Å². The molecule has 0 N–H and O–H groups in total. The first kappa shape index (κ1) is 23.1. The zero-order chi connectivity index (χ0) is 27.6. The molecular formula is C39H23N3. The van der Waals surface area contributed by atoms with E-state index >= 15 is 0 Å². The summed E-state index contributed by atoms with van der Waals surface area (Å²) >= 11 is 0. The first-order valence-electron chi connectivity index (χ1n) is 14.2. The van der Waals surface area contributed by atoms with E-state index in [0.717, 1.165) is 55.3 Å². The summed E-state index contributed by atoms with van der Waals surface area (Å²) in [5, 5.41) is 4.64. The van der Waals surface area contributed by atoms with Gasteiger partial charge < -0.3 is 0 Å². The molecule has 0 aliphatic heterocycles. The molecule has 0 bridgehead atoms. The van der Waals surface area contributed by atoms with Crippen LogP contribution in [0.15, 0.2) is 140 Å². The largest absolute Gasteiger partial charge is 0.264 e. The molecule has 6 aromatic carbocycles. The number of hydrogen-bond acceptors (Lipinski definition) is 3. The zero-order valence-corrected chi connectivity index (χ0v) is 22.6. The van der Waals surface area contributed by atoms with Gasteiger partial charge in [0.25, 0.3) is 0 Å². The molecule has 0 amide bonds. The number of pyridine rings is 1. The average Bonchev–Trinajstić information content (AvgIpc) is 3.19. The third-order valence-electron chi connectivity index (χ3n) is 8.52. The van der Waals surface area contributed by atoms with E-state index in [-0.39, 0.29) is 0 Å². The maximum Gasteiger partial charge on any atom is 0.0979 e. The fourth-order valence-corrected chi connectivity index (χ4v) is 6.63. The number of nitrogens with zero attached hydrogens (tertiary/aromatic N) is 3. The van der Waals surface area contributed by atoms with Gasteiger partial charge in [0, 0.05) is 34.5 Å². The Kier molecular flexibility index (Phi) is 4.90. The lowest BCUT2D eigenvalue weighted by Gasteiger charge is -2.17. The Morgan fingerprint density at radius 2 is 1.10 bits per heavy atom. The highest BCUT2D eigenvalue weighted by molar-refractivity contribution is 6.17. The predicted octanol–water partition coefficient (Wildman–Crippen LogP) is 9.98. The van der Waals surface area contributed by atoms with Crippen LogP contribution >= 0.6 is 0 Å². The Balaban J connectivity index is 1.43. The lowest BCUT2D eigenvalue weighted by Crippen LogP contribution is -1.97. The molecule has 1 aliphatic rings. The van der Waals surface area contributed by atoms with E-state index in [9.17, 15) is 0 Å². The third-order valence-corrected chi connectivity index (χ3v) is 8.52. The Morgan fingerprint density at radius 1 is 0.405 bits per heavy atom. The monoisotopic (exact) mass is 533 g/mol. The van der Waals surface area contributed by atoms with Crippen molar-refractivity contribution >= 4 is 32.6 Å². The van der Waals surface area contributed by atoms with Crippen LogP contribution in [0, 0.1) is 0 Å². The van der Waals surface area contributed by atoms with Crippen LogP contribution in [0.3, 0.4) is 0 Å².